The fourth-order valence-corrected chi connectivity index (χ4v) is 1.94. The number of anilines is 1. The van der Waals surface area contributed by atoms with Gasteiger partial charge in [-0.25, -0.2) is 4.39 Å². The van der Waals surface area contributed by atoms with Crippen LogP contribution in [0.4, 0.5) is 15.8 Å². The Bertz CT molecular complexity index is 660. The van der Waals surface area contributed by atoms with Crippen LogP contribution in [-0.2, 0) is 6.54 Å². The molecule has 0 aromatic heterocycles. The van der Waals surface area contributed by atoms with Gasteiger partial charge in [-0.3, -0.25) is 10.1 Å². The highest BCUT2D eigenvalue weighted by molar-refractivity contribution is 5.52. The van der Waals surface area contributed by atoms with E-state index in [-0.39, 0.29) is 11.5 Å². The largest absolute Gasteiger partial charge is 0.356 e. The number of hydrogen-bond acceptors (Lipinski definition) is 3. The number of benzene rings is 2. The number of nitro benzene ring substituents is 1. The van der Waals surface area contributed by atoms with Crippen molar-refractivity contribution in [3.8, 4) is 12.3 Å². The topological polar surface area (TPSA) is 46.4 Å². The molecule has 2 aromatic rings. The number of nitrogens with zero attached hydrogens (tertiary/aromatic N) is 2. The molecule has 0 spiro atoms. The van der Waals surface area contributed by atoms with E-state index in [2.05, 4.69) is 5.92 Å². The van der Waals surface area contributed by atoms with E-state index in [0.717, 1.165) is 11.3 Å². The van der Waals surface area contributed by atoms with Gasteiger partial charge in [-0.05, 0) is 29.8 Å². The highest BCUT2D eigenvalue weighted by Crippen LogP contribution is 2.21. The molecule has 4 nitrogen and oxygen atoms in total. The Kier molecular flexibility index (Phi) is 4.52. The van der Waals surface area contributed by atoms with Crippen LogP contribution in [0.25, 0.3) is 0 Å². The van der Waals surface area contributed by atoms with Gasteiger partial charge in [0.15, 0.2) is 0 Å². The second kappa shape index (κ2) is 6.53. The zero-order valence-electron chi connectivity index (χ0n) is 11.2. The van der Waals surface area contributed by atoms with Crippen LogP contribution >= 0.6 is 0 Å². The second-order valence-electron chi connectivity index (χ2n) is 4.46. The number of nitro groups is 1. The minimum atomic E-state index is -0.449. The van der Waals surface area contributed by atoms with Crippen molar-refractivity contribution in [3.63, 3.8) is 0 Å². The zero-order chi connectivity index (χ0) is 15.2. The van der Waals surface area contributed by atoms with Gasteiger partial charge < -0.3 is 4.90 Å². The lowest BCUT2D eigenvalue weighted by atomic mass is 10.2. The first-order valence-electron chi connectivity index (χ1n) is 6.27. The molecule has 0 aliphatic heterocycles. The fourth-order valence-electron chi connectivity index (χ4n) is 1.94. The molecule has 0 fully saturated rings. The van der Waals surface area contributed by atoms with E-state index >= 15 is 0 Å². The highest BCUT2D eigenvalue weighted by Gasteiger charge is 2.09. The number of rotatable bonds is 5. The first-order chi connectivity index (χ1) is 10.1. The SMILES string of the molecule is C#CCN(Cc1ccc(F)cc1)c1ccc([N+](=O)[O-])cc1. The van der Waals surface area contributed by atoms with Gasteiger partial charge >= 0.3 is 0 Å². The van der Waals surface area contributed by atoms with Crippen LogP contribution in [0.15, 0.2) is 48.5 Å². The van der Waals surface area contributed by atoms with Crippen LogP contribution < -0.4 is 4.90 Å². The van der Waals surface area contributed by atoms with E-state index < -0.39 is 4.92 Å². The summed E-state index contributed by atoms with van der Waals surface area (Å²) < 4.78 is 12.9. The van der Waals surface area contributed by atoms with Crippen LogP contribution in [0.2, 0.25) is 0 Å². The molecule has 0 radical (unpaired) electrons. The smallest absolute Gasteiger partial charge is 0.269 e. The van der Waals surface area contributed by atoms with E-state index in [1.165, 1.54) is 24.3 Å². The molecule has 0 amide bonds. The van der Waals surface area contributed by atoms with Crippen LogP contribution in [0, 0.1) is 28.3 Å². The number of hydrogen-bond donors (Lipinski definition) is 0. The fraction of sp³-hybridized carbons (Fsp3) is 0.125. The molecule has 2 aromatic carbocycles. The molecular weight excluding hydrogens is 271 g/mol. The summed E-state index contributed by atoms with van der Waals surface area (Å²) in [4.78, 5) is 12.1. The summed E-state index contributed by atoms with van der Waals surface area (Å²) in [5, 5.41) is 10.7. The van der Waals surface area contributed by atoms with E-state index in [1.807, 2.05) is 4.90 Å². The minimum Gasteiger partial charge on any atom is -0.356 e. The Morgan fingerprint density at radius 1 is 1.14 bits per heavy atom. The van der Waals surface area contributed by atoms with Gasteiger partial charge in [0.1, 0.15) is 5.82 Å². The molecule has 106 valence electrons. The van der Waals surface area contributed by atoms with Gasteiger partial charge in [-0.15, -0.1) is 6.42 Å². The molecule has 0 aliphatic rings. The van der Waals surface area contributed by atoms with Crippen molar-refractivity contribution in [3.05, 3.63) is 70.0 Å². The van der Waals surface area contributed by atoms with E-state index in [1.54, 1.807) is 24.3 Å². The predicted molar refractivity (Wildman–Crippen MR) is 79.4 cm³/mol. The van der Waals surface area contributed by atoms with Gasteiger partial charge in [-0.1, -0.05) is 18.1 Å². The summed E-state index contributed by atoms with van der Waals surface area (Å²) in [7, 11) is 0. The van der Waals surface area contributed by atoms with Gasteiger partial charge in [-0.2, -0.15) is 0 Å². The lowest BCUT2D eigenvalue weighted by Crippen LogP contribution is -2.22. The predicted octanol–water partition coefficient (Wildman–Crippen LogP) is 3.37. The number of non-ortho nitro benzene ring substituents is 1. The minimum absolute atomic E-state index is 0.0289. The van der Waals surface area contributed by atoms with Gasteiger partial charge in [0.05, 0.1) is 11.5 Å². The Balaban J connectivity index is 2.20. The molecule has 5 heteroatoms. The molecule has 21 heavy (non-hydrogen) atoms. The third kappa shape index (κ3) is 3.80. The molecular formula is C16H13FN2O2. The highest BCUT2D eigenvalue weighted by atomic mass is 19.1. The maximum absolute atomic E-state index is 12.9. The summed E-state index contributed by atoms with van der Waals surface area (Å²) in [6.07, 6.45) is 5.36. The van der Waals surface area contributed by atoms with Crippen molar-refractivity contribution in [2.75, 3.05) is 11.4 Å². The second-order valence-corrected chi connectivity index (χ2v) is 4.46. The summed E-state index contributed by atoms with van der Waals surface area (Å²) in [5.41, 5.74) is 1.72. The molecule has 0 saturated heterocycles. The van der Waals surface area contributed by atoms with E-state index in [9.17, 15) is 14.5 Å². The lowest BCUT2D eigenvalue weighted by molar-refractivity contribution is -0.384. The van der Waals surface area contributed by atoms with Crippen LogP contribution in [-0.4, -0.2) is 11.5 Å². The van der Waals surface area contributed by atoms with Crippen LogP contribution in [0.1, 0.15) is 5.56 Å². The third-order valence-corrected chi connectivity index (χ3v) is 2.99. The first-order valence-corrected chi connectivity index (χ1v) is 6.27. The Labute approximate surface area is 122 Å². The molecule has 0 heterocycles. The zero-order valence-corrected chi connectivity index (χ0v) is 11.2. The Morgan fingerprint density at radius 3 is 2.29 bits per heavy atom. The van der Waals surface area contributed by atoms with Crippen molar-refractivity contribution in [2.45, 2.75) is 6.54 Å². The summed E-state index contributed by atoms with van der Waals surface area (Å²) in [6, 6.07) is 12.3. The van der Waals surface area contributed by atoms with Crippen molar-refractivity contribution < 1.29 is 9.31 Å². The van der Waals surface area contributed by atoms with E-state index in [4.69, 9.17) is 6.42 Å². The van der Waals surface area contributed by atoms with E-state index in [0.29, 0.717) is 13.1 Å². The average Bonchev–Trinajstić information content (AvgIpc) is 2.49. The third-order valence-electron chi connectivity index (χ3n) is 2.99. The van der Waals surface area contributed by atoms with Gasteiger partial charge in [0, 0.05) is 24.4 Å². The maximum Gasteiger partial charge on any atom is 0.269 e. The molecule has 0 unspecified atom stereocenters. The van der Waals surface area contributed by atoms with Crippen molar-refractivity contribution in [2.24, 2.45) is 0 Å². The number of terminal acetylenes is 1. The summed E-state index contributed by atoms with van der Waals surface area (Å²) in [6.45, 7) is 0.859. The first kappa shape index (κ1) is 14.5. The quantitative estimate of drug-likeness (QED) is 0.480. The van der Waals surface area contributed by atoms with Crippen molar-refractivity contribution >= 4 is 11.4 Å². The maximum atomic E-state index is 12.9. The lowest BCUT2D eigenvalue weighted by Gasteiger charge is -2.22. The summed E-state index contributed by atoms with van der Waals surface area (Å²) in [5.74, 6) is 2.26. The molecule has 2 rings (SSSR count). The molecule has 0 atom stereocenters. The standard InChI is InChI=1S/C16H13FN2O2/c1-2-11-18(12-13-3-5-14(17)6-4-13)15-7-9-16(10-8-15)19(20)21/h1,3-10H,11-12H2. The van der Waals surface area contributed by atoms with Crippen molar-refractivity contribution in [1.82, 2.24) is 0 Å². The molecule has 0 N–H and O–H groups in total. The summed E-state index contributed by atoms with van der Waals surface area (Å²) >= 11 is 0. The average molecular weight is 284 g/mol. The van der Waals surface area contributed by atoms with Crippen LogP contribution in [0.3, 0.4) is 0 Å². The molecule has 0 saturated carbocycles. The Hall–Kier alpha value is -2.87. The monoisotopic (exact) mass is 284 g/mol. The number of halogens is 1. The van der Waals surface area contributed by atoms with Crippen molar-refractivity contribution in [1.29, 1.82) is 0 Å². The normalized spacial score (nSPS) is 9.90. The molecule has 0 bridgehead atoms. The molecule has 0 aliphatic carbocycles. The Morgan fingerprint density at radius 2 is 1.76 bits per heavy atom. The van der Waals surface area contributed by atoms with Crippen LogP contribution in [0.5, 0.6) is 0 Å². The van der Waals surface area contributed by atoms with Gasteiger partial charge in [0.2, 0.25) is 0 Å². The van der Waals surface area contributed by atoms with Gasteiger partial charge in [0.25, 0.3) is 5.69 Å².